The Morgan fingerprint density at radius 2 is 1.90 bits per heavy atom. The summed E-state index contributed by atoms with van der Waals surface area (Å²) in [5.74, 6) is 7.13. The largest absolute Gasteiger partial charge is 0.205 e. The summed E-state index contributed by atoms with van der Waals surface area (Å²) in [7, 11) is 0. The number of benzene rings is 3. The lowest BCUT2D eigenvalue weighted by atomic mass is 9.72. The standard InChI is InChI=1S/C28H28ClF/c1-2-3-4-5-8-22-14-16-25-23-10-7-6-9-21(23)13-17-26(25)24(22)15-11-20-12-18-27(29)28(30)19-20/h6-7,9-10,12-13,17-19,22,24H,2-5,8,14,16H2,1H3/t22-,24+/m1/s1. The average molecular weight is 419 g/mol. The van der Waals surface area contributed by atoms with Crippen molar-refractivity contribution in [1.29, 1.82) is 0 Å². The molecule has 0 aromatic heterocycles. The molecule has 0 bridgehead atoms. The lowest BCUT2D eigenvalue weighted by molar-refractivity contribution is 0.381. The Morgan fingerprint density at radius 1 is 1.03 bits per heavy atom. The molecule has 0 spiro atoms. The van der Waals surface area contributed by atoms with E-state index in [9.17, 15) is 4.39 Å². The Morgan fingerprint density at radius 3 is 2.73 bits per heavy atom. The molecule has 30 heavy (non-hydrogen) atoms. The molecule has 0 aliphatic heterocycles. The lowest BCUT2D eigenvalue weighted by Crippen LogP contribution is -2.20. The average Bonchev–Trinajstić information content (AvgIpc) is 2.77. The van der Waals surface area contributed by atoms with Crippen LogP contribution in [0.3, 0.4) is 0 Å². The fraction of sp³-hybridized carbons (Fsp3) is 0.357. The smallest absolute Gasteiger partial charge is 0.143 e. The Hall–Kier alpha value is -2.30. The number of rotatable bonds is 5. The number of fused-ring (bicyclic) bond motifs is 3. The van der Waals surface area contributed by atoms with E-state index in [1.807, 2.05) is 0 Å². The minimum absolute atomic E-state index is 0.142. The molecule has 0 saturated carbocycles. The van der Waals surface area contributed by atoms with Crippen molar-refractivity contribution in [2.45, 2.75) is 57.8 Å². The van der Waals surface area contributed by atoms with Crippen molar-refractivity contribution < 1.29 is 4.39 Å². The molecule has 0 amide bonds. The van der Waals surface area contributed by atoms with Gasteiger partial charge >= 0.3 is 0 Å². The molecule has 3 aromatic carbocycles. The van der Waals surface area contributed by atoms with Gasteiger partial charge in [0.05, 0.1) is 5.02 Å². The first kappa shape index (κ1) is 21.0. The Balaban J connectivity index is 1.69. The third kappa shape index (κ3) is 4.55. The predicted molar refractivity (Wildman–Crippen MR) is 126 cm³/mol. The zero-order chi connectivity index (χ0) is 20.9. The van der Waals surface area contributed by atoms with Gasteiger partial charge in [-0.15, -0.1) is 0 Å². The maximum absolute atomic E-state index is 13.9. The summed E-state index contributed by atoms with van der Waals surface area (Å²) < 4.78 is 13.9. The van der Waals surface area contributed by atoms with Gasteiger partial charge in [0.15, 0.2) is 0 Å². The van der Waals surface area contributed by atoms with E-state index in [1.165, 1.54) is 66.5 Å². The van der Waals surface area contributed by atoms with E-state index in [-0.39, 0.29) is 10.9 Å². The first-order chi connectivity index (χ1) is 14.7. The second-order valence-electron chi connectivity index (χ2n) is 8.38. The van der Waals surface area contributed by atoms with Gasteiger partial charge in [-0.1, -0.05) is 92.4 Å². The molecule has 0 saturated heterocycles. The molecule has 3 aromatic rings. The van der Waals surface area contributed by atoms with Crippen LogP contribution in [0, 0.1) is 23.6 Å². The highest BCUT2D eigenvalue weighted by Crippen LogP contribution is 2.41. The predicted octanol–water partition coefficient (Wildman–Crippen LogP) is 8.30. The van der Waals surface area contributed by atoms with Crippen LogP contribution in [0.25, 0.3) is 10.8 Å². The van der Waals surface area contributed by atoms with Gasteiger partial charge in [-0.25, -0.2) is 4.39 Å². The molecule has 1 aliphatic rings. The molecule has 1 aliphatic carbocycles. The number of halogens is 2. The minimum Gasteiger partial charge on any atom is -0.205 e. The maximum atomic E-state index is 13.9. The van der Waals surface area contributed by atoms with Gasteiger partial charge in [0.25, 0.3) is 0 Å². The second kappa shape index (κ2) is 9.67. The van der Waals surface area contributed by atoms with Gasteiger partial charge in [-0.05, 0) is 65.3 Å². The number of aryl methyl sites for hydroxylation is 1. The molecular weight excluding hydrogens is 391 g/mol. The van der Waals surface area contributed by atoms with E-state index >= 15 is 0 Å². The summed E-state index contributed by atoms with van der Waals surface area (Å²) in [6.45, 7) is 2.25. The molecule has 2 heteroatoms. The van der Waals surface area contributed by atoms with Crippen LogP contribution in [0.1, 0.15) is 68.1 Å². The Kier molecular flexibility index (Phi) is 6.76. The molecule has 0 radical (unpaired) electrons. The summed E-state index contributed by atoms with van der Waals surface area (Å²) >= 11 is 5.83. The molecule has 0 N–H and O–H groups in total. The van der Waals surface area contributed by atoms with E-state index in [1.54, 1.807) is 12.1 Å². The zero-order valence-corrected chi connectivity index (χ0v) is 18.3. The van der Waals surface area contributed by atoms with Crippen molar-refractivity contribution in [3.63, 3.8) is 0 Å². The fourth-order valence-corrected chi connectivity index (χ4v) is 4.87. The van der Waals surface area contributed by atoms with Gasteiger partial charge in [0.1, 0.15) is 5.82 Å². The van der Waals surface area contributed by atoms with E-state index in [0.717, 1.165) is 6.42 Å². The molecule has 4 rings (SSSR count). The van der Waals surface area contributed by atoms with Crippen molar-refractivity contribution in [3.05, 3.63) is 82.1 Å². The van der Waals surface area contributed by atoms with Crippen LogP contribution in [-0.2, 0) is 6.42 Å². The minimum atomic E-state index is -0.408. The van der Waals surface area contributed by atoms with Crippen molar-refractivity contribution >= 4 is 22.4 Å². The van der Waals surface area contributed by atoms with Gasteiger partial charge in [0, 0.05) is 11.5 Å². The highest BCUT2D eigenvalue weighted by Gasteiger charge is 2.29. The molecule has 0 unspecified atom stereocenters. The zero-order valence-electron chi connectivity index (χ0n) is 17.6. The van der Waals surface area contributed by atoms with Crippen molar-refractivity contribution in [1.82, 2.24) is 0 Å². The maximum Gasteiger partial charge on any atom is 0.143 e. The SMILES string of the molecule is CCCCCC[C@@H]1CCc2c(ccc3ccccc23)[C@H]1C#Cc1ccc(Cl)c(F)c1. The third-order valence-electron chi connectivity index (χ3n) is 6.37. The second-order valence-corrected chi connectivity index (χ2v) is 8.79. The highest BCUT2D eigenvalue weighted by molar-refractivity contribution is 6.30. The summed E-state index contributed by atoms with van der Waals surface area (Å²) in [5, 5.41) is 2.79. The molecule has 154 valence electrons. The molecule has 0 nitrogen and oxygen atoms in total. The summed E-state index contributed by atoms with van der Waals surface area (Å²) in [4.78, 5) is 0. The van der Waals surface area contributed by atoms with Gasteiger partial charge in [-0.2, -0.15) is 0 Å². The normalized spacial score (nSPS) is 18.0. The Labute approximate surface area is 184 Å². The highest BCUT2D eigenvalue weighted by atomic mass is 35.5. The van der Waals surface area contributed by atoms with Crippen LogP contribution >= 0.6 is 11.6 Å². The first-order valence-electron chi connectivity index (χ1n) is 11.1. The van der Waals surface area contributed by atoms with Crippen molar-refractivity contribution in [2.75, 3.05) is 0 Å². The number of hydrogen-bond acceptors (Lipinski definition) is 0. The van der Waals surface area contributed by atoms with E-state index < -0.39 is 5.82 Å². The summed E-state index contributed by atoms with van der Waals surface area (Å²) in [6, 6.07) is 18.0. The monoisotopic (exact) mass is 418 g/mol. The van der Waals surface area contributed by atoms with Gasteiger partial charge in [-0.3, -0.25) is 0 Å². The van der Waals surface area contributed by atoms with E-state index in [4.69, 9.17) is 11.6 Å². The van der Waals surface area contributed by atoms with Crippen molar-refractivity contribution in [3.8, 4) is 11.8 Å². The van der Waals surface area contributed by atoms with Crippen LogP contribution in [0.15, 0.2) is 54.6 Å². The van der Waals surface area contributed by atoms with E-state index in [0.29, 0.717) is 11.5 Å². The van der Waals surface area contributed by atoms with Gasteiger partial charge in [0.2, 0.25) is 0 Å². The molecule has 2 atom stereocenters. The molecular formula is C28H28ClF. The summed E-state index contributed by atoms with van der Waals surface area (Å²) in [6.07, 6.45) is 8.60. The van der Waals surface area contributed by atoms with Crippen LogP contribution < -0.4 is 0 Å². The Bertz CT molecular complexity index is 1090. The van der Waals surface area contributed by atoms with Crippen LogP contribution in [0.2, 0.25) is 5.02 Å². The van der Waals surface area contributed by atoms with Crippen LogP contribution in [0.5, 0.6) is 0 Å². The fourth-order valence-electron chi connectivity index (χ4n) is 4.75. The van der Waals surface area contributed by atoms with Crippen LogP contribution in [-0.4, -0.2) is 0 Å². The first-order valence-corrected chi connectivity index (χ1v) is 11.5. The quantitative estimate of drug-likeness (QED) is 0.288. The van der Waals surface area contributed by atoms with E-state index in [2.05, 4.69) is 55.2 Å². The lowest BCUT2D eigenvalue weighted by Gasteiger charge is -2.31. The van der Waals surface area contributed by atoms with Crippen molar-refractivity contribution in [2.24, 2.45) is 5.92 Å². The third-order valence-corrected chi connectivity index (χ3v) is 6.68. The van der Waals surface area contributed by atoms with Crippen LogP contribution in [0.4, 0.5) is 4.39 Å². The number of unbranched alkanes of at least 4 members (excludes halogenated alkanes) is 3. The molecule has 0 fully saturated rings. The molecule has 0 heterocycles. The topological polar surface area (TPSA) is 0 Å². The van der Waals surface area contributed by atoms with Gasteiger partial charge < -0.3 is 0 Å². The number of hydrogen-bond donors (Lipinski definition) is 0. The summed E-state index contributed by atoms with van der Waals surface area (Å²) in [5.41, 5.74) is 3.50.